The fraction of sp³-hybridized carbons (Fsp3) is 0.344. The van der Waals surface area contributed by atoms with Crippen LogP contribution >= 0.6 is 0 Å². The van der Waals surface area contributed by atoms with Gasteiger partial charge < -0.3 is 37.5 Å². The lowest BCUT2D eigenvalue weighted by atomic mass is 10.0. The van der Waals surface area contributed by atoms with E-state index in [2.05, 4.69) is 10.6 Å². The highest BCUT2D eigenvalue weighted by molar-refractivity contribution is 5.92. The second-order valence-electron chi connectivity index (χ2n) is 10.1. The average molecular weight is 575 g/mol. The summed E-state index contributed by atoms with van der Waals surface area (Å²) in [6, 6.07) is 22.8. The highest BCUT2D eigenvalue weighted by atomic mass is 16.5. The predicted molar refractivity (Wildman–Crippen MR) is 164 cm³/mol. The summed E-state index contributed by atoms with van der Waals surface area (Å²) in [5.74, 6) is 0.0407. The van der Waals surface area contributed by atoms with Crippen molar-refractivity contribution in [2.45, 2.75) is 44.8 Å². The number of para-hydroxylation sites is 1. The van der Waals surface area contributed by atoms with Crippen LogP contribution in [0.2, 0.25) is 0 Å². The molecule has 10 nitrogen and oxygen atoms in total. The topological polar surface area (TPSA) is 166 Å². The van der Waals surface area contributed by atoms with E-state index in [4.69, 9.17) is 21.9 Å². The molecule has 0 saturated carbocycles. The third kappa shape index (κ3) is 10.3. The lowest BCUT2D eigenvalue weighted by molar-refractivity contribution is -0.135. The van der Waals surface area contributed by atoms with Gasteiger partial charge in [0.15, 0.2) is 0 Å². The van der Waals surface area contributed by atoms with Gasteiger partial charge in [0.25, 0.3) is 0 Å². The SMILES string of the molecule is Cc1ccc(Oc2ccccc2CNC(=O)C(CCc2ccccc2)NC(=O)C(N)CC(=O)N(CCN)CCN)cc1. The minimum absolute atomic E-state index is 0.191. The van der Waals surface area contributed by atoms with E-state index in [0.717, 1.165) is 16.7 Å². The first-order chi connectivity index (χ1) is 20.3. The van der Waals surface area contributed by atoms with Crippen molar-refractivity contribution in [3.8, 4) is 11.5 Å². The lowest BCUT2D eigenvalue weighted by Gasteiger charge is -2.24. The van der Waals surface area contributed by atoms with E-state index in [9.17, 15) is 14.4 Å². The summed E-state index contributed by atoms with van der Waals surface area (Å²) < 4.78 is 6.06. The monoisotopic (exact) mass is 574 g/mol. The Kier molecular flexibility index (Phi) is 13.0. The van der Waals surface area contributed by atoms with Crippen molar-refractivity contribution in [1.82, 2.24) is 15.5 Å². The summed E-state index contributed by atoms with van der Waals surface area (Å²) in [4.78, 5) is 40.6. The molecule has 0 saturated heterocycles. The van der Waals surface area contributed by atoms with E-state index in [0.29, 0.717) is 37.4 Å². The predicted octanol–water partition coefficient (Wildman–Crippen LogP) is 1.98. The summed E-state index contributed by atoms with van der Waals surface area (Å²) in [5.41, 5.74) is 20.2. The molecule has 3 aromatic rings. The molecule has 0 fully saturated rings. The van der Waals surface area contributed by atoms with Gasteiger partial charge in [0.05, 0.1) is 12.5 Å². The lowest BCUT2D eigenvalue weighted by Crippen LogP contribution is -2.53. The van der Waals surface area contributed by atoms with Gasteiger partial charge in [0.2, 0.25) is 17.7 Å². The minimum atomic E-state index is -1.13. The average Bonchev–Trinajstić information content (AvgIpc) is 3.00. The van der Waals surface area contributed by atoms with Crippen molar-refractivity contribution in [3.63, 3.8) is 0 Å². The molecule has 42 heavy (non-hydrogen) atoms. The van der Waals surface area contributed by atoms with Gasteiger partial charge in [0, 0.05) is 38.3 Å². The largest absolute Gasteiger partial charge is 0.457 e. The van der Waals surface area contributed by atoms with Gasteiger partial charge in [-0.05, 0) is 43.5 Å². The number of hydrogen-bond acceptors (Lipinski definition) is 7. The zero-order chi connectivity index (χ0) is 30.3. The third-order valence-corrected chi connectivity index (χ3v) is 6.75. The van der Waals surface area contributed by atoms with Crippen LogP contribution in [-0.4, -0.2) is 60.9 Å². The number of nitrogens with two attached hydrogens (primary N) is 3. The normalized spacial score (nSPS) is 12.2. The Bertz CT molecular complexity index is 1280. The zero-order valence-electron chi connectivity index (χ0n) is 24.1. The number of hydrogen-bond donors (Lipinski definition) is 5. The summed E-state index contributed by atoms with van der Waals surface area (Å²) in [7, 11) is 0. The zero-order valence-corrected chi connectivity index (χ0v) is 24.1. The van der Waals surface area contributed by atoms with Crippen LogP contribution in [0.15, 0.2) is 78.9 Å². The van der Waals surface area contributed by atoms with Crippen LogP contribution in [0.25, 0.3) is 0 Å². The van der Waals surface area contributed by atoms with Gasteiger partial charge in [-0.2, -0.15) is 0 Å². The number of benzene rings is 3. The van der Waals surface area contributed by atoms with Crippen molar-refractivity contribution in [1.29, 1.82) is 0 Å². The van der Waals surface area contributed by atoms with E-state index in [1.54, 1.807) is 0 Å². The van der Waals surface area contributed by atoms with Crippen LogP contribution in [-0.2, 0) is 27.3 Å². The summed E-state index contributed by atoms with van der Waals surface area (Å²) in [6.45, 7) is 3.38. The van der Waals surface area contributed by atoms with Crippen LogP contribution in [0.1, 0.15) is 29.5 Å². The van der Waals surface area contributed by atoms with Crippen LogP contribution in [0, 0.1) is 6.92 Å². The first-order valence-corrected chi connectivity index (χ1v) is 14.2. The molecule has 224 valence electrons. The van der Waals surface area contributed by atoms with Gasteiger partial charge >= 0.3 is 0 Å². The second kappa shape index (κ2) is 16.9. The van der Waals surface area contributed by atoms with Crippen molar-refractivity contribution >= 4 is 17.7 Å². The molecule has 0 aliphatic heterocycles. The van der Waals surface area contributed by atoms with Gasteiger partial charge in [-0.3, -0.25) is 14.4 Å². The molecule has 0 radical (unpaired) electrons. The number of nitrogens with one attached hydrogen (secondary N) is 2. The molecular weight excluding hydrogens is 532 g/mol. The first-order valence-electron chi connectivity index (χ1n) is 14.2. The van der Waals surface area contributed by atoms with E-state index in [1.165, 1.54) is 4.90 Å². The standard InChI is InChI=1S/C32H42N6O4/c1-23-11-14-26(15-12-23)42-29-10-6-5-9-25(29)22-36-32(41)28(16-13-24-7-3-2-4-8-24)37-31(40)27(35)21-30(39)38(19-17-33)20-18-34/h2-12,14-15,27-28H,13,16-22,33-35H2,1H3,(H,36,41)(H,37,40). The van der Waals surface area contributed by atoms with E-state index < -0.39 is 18.0 Å². The van der Waals surface area contributed by atoms with Gasteiger partial charge in [-0.1, -0.05) is 66.2 Å². The van der Waals surface area contributed by atoms with Crippen LogP contribution in [0.4, 0.5) is 0 Å². The molecule has 0 aliphatic rings. The molecule has 0 aromatic heterocycles. The van der Waals surface area contributed by atoms with Crippen LogP contribution < -0.4 is 32.6 Å². The van der Waals surface area contributed by atoms with Crippen molar-refractivity contribution < 1.29 is 19.1 Å². The molecule has 2 atom stereocenters. The maximum atomic E-state index is 13.4. The molecule has 0 aliphatic carbocycles. The van der Waals surface area contributed by atoms with E-state index in [1.807, 2.05) is 85.8 Å². The third-order valence-electron chi connectivity index (χ3n) is 6.75. The highest BCUT2D eigenvalue weighted by Crippen LogP contribution is 2.25. The second-order valence-corrected chi connectivity index (χ2v) is 10.1. The number of carbonyl (C=O) groups is 3. The number of ether oxygens (including phenoxy) is 1. The Morgan fingerprint density at radius 1 is 0.857 bits per heavy atom. The maximum absolute atomic E-state index is 13.4. The van der Waals surface area contributed by atoms with Crippen LogP contribution in [0.5, 0.6) is 11.5 Å². The number of carbonyl (C=O) groups excluding carboxylic acids is 3. The van der Waals surface area contributed by atoms with Crippen molar-refractivity contribution in [3.05, 3.63) is 95.6 Å². The summed E-state index contributed by atoms with van der Waals surface area (Å²) in [6.07, 6.45) is 0.681. The van der Waals surface area contributed by atoms with Gasteiger partial charge in [-0.15, -0.1) is 0 Å². The quantitative estimate of drug-likeness (QED) is 0.174. The van der Waals surface area contributed by atoms with Gasteiger partial charge in [0.1, 0.15) is 17.5 Å². The molecule has 3 amide bonds. The molecule has 8 N–H and O–H groups in total. The Balaban J connectivity index is 1.67. The Morgan fingerprint density at radius 2 is 1.50 bits per heavy atom. The molecule has 3 rings (SSSR count). The molecule has 0 bridgehead atoms. The van der Waals surface area contributed by atoms with E-state index >= 15 is 0 Å². The summed E-state index contributed by atoms with van der Waals surface area (Å²) >= 11 is 0. The summed E-state index contributed by atoms with van der Waals surface area (Å²) in [5, 5.41) is 5.69. The van der Waals surface area contributed by atoms with Crippen molar-refractivity contribution in [2.24, 2.45) is 17.2 Å². The fourth-order valence-electron chi connectivity index (χ4n) is 4.37. The fourth-order valence-corrected chi connectivity index (χ4v) is 4.37. The molecular formula is C32H42N6O4. The molecule has 10 heteroatoms. The van der Waals surface area contributed by atoms with Crippen molar-refractivity contribution in [2.75, 3.05) is 26.2 Å². The molecule has 0 heterocycles. The minimum Gasteiger partial charge on any atom is -0.457 e. The Hall–Kier alpha value is -4.25. The van der Waals surface area contributed by atoms with Crippen LogP contribution in [0.3, 0.4) is 0 Å². The molecule has 3 aromatic carbocycles. The first kappa shape index (κ1) is 32.3. The number of nitrogens with zero attached hydrogens (tertiary/aromatic N) is 1. The molecule has 0 spiro atoms. The maximum Gasteiger partial charge on any atom is 0.242 e. The smallest absolute Gasteiger partial charge is 0.242 e. The van der Waals surface area contributed by atoms with E-state index in [-0.39, 0.29) is 37.9 Å². The van der Waals surface area contributed by atoms with Gasteiger partial charge in [-0.25, -0.2) is 0 Å². The number of aryl methyl sites for hydroxylation is 2. The Morgan fingerprint density at radius 3 is 2.17 bits per heavy atom. The number of amides is 3. The highest BCUT2D eigenvalue weighted by Gasteiger charge is 2.26. The molecule has 2 unspecified atom stereocenters. The number of rotatable bonds is 16. The Labute approximate surface area is 247 Å².